The van der Waals surface area contributed by atoms with E-state index in [1.807, 2.05) is 12.1 Å². The van der Waals surface area contributed by atoms with E-state index in [2.05, 4.69) is 22.6 Å². The molecule has 4 heteroatoms. The van der Waals surface area contributed by atoms with Gasteiger partial charge in [0.2, 0.25) is 0 Å². The van der Waals surface area contributed by atoms with E-state index < -0.39 is 0 Å². The van der Waals surface area contributed by atoms with Gasteiger partial charge in [-0.3, -0.25) is 4.79 Å². The molecule has 0 aliphatic heterocycles. The van der Waals surface area contributed by atoms with Crippen LogP contribution in [0.25, 0.3) is 10.1 Å². The molecule has 0 aliphatic carbocycles. The Hall–Kier alpha value is -0.620. The normalized spacial score (nSPS) is 10.5. The minimum absolute atomic E-state index is 0.250. The number of rotatable bonds is 1. The molecular formula is C9H5IO2S. The third-order valence-corrected chi connectivity index (χ3v) is 3.26. The van der Waals surface area contributed by atoms with Crippen molar-refractivity contribution in [2.75, 3.05) is 0 Å². The van der Waals surface area contributed by atoms with Gasteiger partial charge in [-0.05, 0) is 34.7 Å². The van der Waals surface area contributed by atoms with Gasteiger partial charge in [0.1, 0.15) is 0 Å². The van der Waals surface area contributed by atoms with Gasteiger partial charge in [-0.25, -0.2) is 0 Å². The van der Waals surface area contributed by atoms with Crippen molar-refractivity contribution in [1.82, 2.24) is 0 Å². The number of carbonyl (C=O) groups is 1. The van der Waals surface area contributed by atoms with Crippen molar-refractivity contribution in [2.45, 2.75) is 0 Å². The molecule has 1 heterocycles. The molecule has 0 atom stereocenters. The number of aromatic hydroxyl groups is 1. The highest BCUT2D eigenvalue weighted by Crippen LogP contribution is 2.33. The highest BCUT2D eigenvalue weighted by molar-refractivity contribution is 14.1. The Balaban J connectivity index is 2.88. The van der Waals surface area contributed by atoms with Gasteiger partial charge in [0, 0.05) is 25.3 Å². The number of benzene rings is 1. The first-order valence-electron chi connectivity index (χ1n) is 3.58. The van der Waals surface area contributed by atoms with Crippen LogP contribution in [0.15, 0.2) is 18.2 Å². The van der Waals surface area contributed by atoms with Gasteiger partial charge in [0.05, 0.1) is 0 Å². The molecule has 0 fully saturated rings. The average Bonchev–Trinajstić information content (AvgIpc) is 2.43. The van der Waals surface area contributed by atoms with Crippen LogP contribution in [0.4, 0.5) is 0 Å². The Morgan fingerprint density at radius 3 is 2.85 bits per heavy atom. The molecule has 66 valence electrons. The van der Waals surface area contributed by atoms with Crippen LogP contribution in [0.2, 0.25) is 0 Å². The third kappa shape index (κ3) is 1.55. The summed E-state index contributed by atoms with van der Waals surface area (Å²) in [6, 6.07) is 5.38. The van der Waals surface area contributed by atoms with Crippen molar-refractivity contribution in [2.24, 2.45) is 0 Å². The molecule has 0 unspecified atom stereocenters. The summed E-state index contributed by atoms with van der Waals surface area (Å²) < 4.78 is 1.96. The van der Waals surface area contributed by atoms with Gasteiger partial charge in [-0.2, -0.15) is 0 Å². The van der Waals surface area contributed by atoms with Crippen LogP contribution in [0.3, 0.4) is 0 Å². The van der Waals surface area contributed by atoms with Crippen molar-refractivity contribution in [1.29, 1.82) is 0 Å². The van der Waals surface area contributed by atoms with E-state index in [1.54, 1.807) is 6.07 Å². The Morgan fingerprint density at radius 2 is 2.15 bits per heavy atom. The van der Waals surface area contributed by atoms with E-state index in [-0.39, 0.29) is 5.06 Å². The lowest BCUT2D eigenvalue weighted by molar-refractivity contribution is 0.112. The van der Waals surface area contributed by atoms with E-state index in [0.717, 1.165) is 19.9 Å². The summed E-state index contributed by atoms with van der Waals surface area (Å²) in [5, 5.41) is 10.3. The van der Waals surface area contributed by atoms with Crippen LogP contribution in [0, 0.1) is 3.57 Å². The zero-order chi connectivity index (χ0) is 9.42. The summed E-state index contributed by atoms with van der Waals surface area (Å²) in [7, 11) is 0. The minimum Gasteiger partial charge on any atom is -0.499 e. The van der Waals surface area contributed by atoms with E-state index in [4.69, 9.17) is 0 Å². The summed E-state index contributed by atoms with van der Waals surface area (Å²) in [6.07, 6.45) is 0.816. The molecule has 2 nitrogen and oxygen atoms in total. The quantitative estimate of drug-likeness (QED) is 0.649. The lowest BCUT2D eigenvalue weighted by Gasteiger charge is -1.94. The maximum atomic E-state index is 10.7. The first-order chi connectivity index (χ1) is 6.20. The zero-order valence-electron chi connectivity index (χ0n) is 6.45. The van der Waals surface area contributed by atoms with E-state index >= 15 is 0 Å². The number of thiophene rings is 1. The largest absolute Gasteiger partial charge is 0.499 e. The first-order valence-corrected chi connectivity index (χ1v) is 5.47. The fourth-order valence-corrected chi connectivity index (χ4v) is 2.95. The zero-order valence-corrected chi connectivity index (χ0v) is 9.43. The molecule has 0 bridgehead atoms. The highest BCUT2D eigenvalue weighted by atomic mass is 127. The fourth-order valence-electron chi connectivity index (χ4n) is 1.22. The van der Waals surface area contributed by atoms with E-state index in [0.29, 0.717) is 5.56 Å². The second kappa shape index (κ2) is 3.26. The molecule has 1 N–H and O–H groups in total. The minimum atomic E-state index is 0.250. The summed E-state index contributed by atoms with van der Waals surface area (Å²) in [5.74, 6) is 0. The number of aldehydes is 1. The molecule has 1 aromatic carbocycles. The summed E-state index contributed by atoms with van der Waals surface area (Å²) in [4.78, 5) is 10.7. The number of halogens is 1. The van der Waals surface area contributed by atoms with Gasteiger partial charge in [0.25, 0.3) is 0 Å². The van der Waals surface area contributed by atoms with Crippen LogP contribution >= 0.6 is 33.9 Å². The second-order valence-electron chi connectivity index (χ2n) is 2.61. The van der Waals surface area contributed by atoms with E-state index in [1.165, 1.54) is 11.3 Å². The van der Waals surface area contributed by atoms with Crippen molar-refractivity contribution >= 4 is 50.3 Å². The molecule has 0 radical (unpaired) electrons. The molecular weight excluding hydrogens is 299 g/mol. The Morgan fingerprint density at radius 1 is 1.38 bits per heavy atom. The molecule has 2 rings (SSSR count). The van der Waals surface area contributed by atoms with Gasteiger partial charge in [-0.15, -0.1) is 0 Å². The molecule has 0 amide bonds. The number of fused-ring (bicyclic) bond motifs is 1. The molecule has 0 saturated heterocycles. The van der Waals surface area contributed by atoms with E-state index in [9.17, 15) is 9.90 Å². The molecule has 0 spiro atoms. The standard InChI is InChI=1S/C9H5IO2S/c10-6-1-5(4-11)7-3-9(12)13-8(7)2-6/h1-4,12H. The van der Waals surface area contributed by atoms with Gasteiger partial charge >= 0.3 is 0 Å². The topological polar surface area (TPSA) is 37.3 Å². The predicted molar refractivity (Wildman–Crippen MR) is 61.6 cm³/mol. The maximum Gasteiger partial charge on any atom is 0.172 e. The number of hydrogen-bond donors (Lipinski definition) is 1. The van der Waals surface area contributed by atoms with Crippen molar-refractivity contribution < 1.29 is 9.90 Å². The van der Waals surface area contributed by atoms with Gasteiger partial charge < -0.3 is 5.11 Å². The van der Waals surface area contributed by atoms with Gasteiger partial charge in [-0.1, -0.05) is 11.3 Å². The molecule has 0 saturated carbocycles. The Kier molecular flexibility index (Phi) is 2.25. The first kappa shape index (κ1) is 8.96. The monoisotopic (exact) mass is 304 g/mol. The van der Waals surface area contributed by atoms with Crippen LogP contribution in [0.1, 0.15) is 10.4 Å². The number of hydrogen-bond acceptors (Lipinski definition) is 3. The Bertz CT molecular complexity index is 476. The summed E-state index contributed by atoms with van der Waals surface area (Å²) in [5.41, 5.74) is 0.637. The average molecular weight is 304 g/mol. The Labute approximate surface area is 92.3 Å². The van der Waals surface area contributed by atoms with Crippen molar-refractivity contribution in [3.8, 4) is 5.06 Å². The van der Waals surface area contributed by atoms with Crippen LogP contribution in [-0.4, -0.2) is 11.4 Å². The smallest absolute Gasteiger partial charge is 0.172 e. The number of carbonyl (C=O) groups excluding carboxylic acids is 1. The predicted octanol–water partition coefficient (Wildman–Crippen LogP) is 3.02. The van der Waals surface area contributed by atoms with Crippen LogP contribution in [0.5, 0.6) is 5.06 Å². The van der Waals surface area contributed by atoms with Crippen LogP contribution < -0.4 is 0 Å². The SMILES string of the molecule is O=Cc1cc(I)cc2sc(O)cc12. The fraction of sp³-hybridized carbons (Fsp3) is 0. The van der Waals surface area contributed by atoms with Crippen molar-refractivity contribution in [3.05, 3.63) is 27.3 Å². The van der Waals surface area contributed by atoms with Crippen molar-refractivity contribution in [3.63, 3.8) is 0 Å². The van der Waals surface area contributed by atoms with Gasteiger partial charge in [0.15, 0.2) is 11.3 Å². The third-order valence-electron chi connectivity index (χ3n) is 1.75. The molecule has 0 aliphatic rings. The molecule has 13 heavy (non-hydrogen) atoms. The highest BCUT2D eigenvalue weighted by Gasteiger charge is 2.06. The summed E-state index contributed by atoms with van der Waals surface area (Å²) in [6.45, 7) is 0. The molecule has 1 aromatic heterocycles. The lowest BCUT2D eigenvalue weighted by Crippen LogP contribution is -1.81. The second-order valence-corrected chi connectivity index (χ2v) is 4.92. The summed E-state index contributed by atoms with van der Waals surface area (Å²) >= 11 is 3.44. The lowest BCUT2D eigenvalue weighted by atomic mass is 10.1. The molecule has 2 aromatic rings. The van der Waals surface area contributed by atoms with Crippen LogP contribution in [-0.2, 0) is 0 Å². The maximum absolute atomic E-state index is 10.7.